The quantitative estimate of drug-likeness (QED) is 0.851. The molecular formula is C14H22N4O3. The molecule has 0 aromatic carbocycles. The molecule has 1 heterocycles. The summed E-state index contributed by atoms with van der Waals surface area (Å²) < 4.78 is 1.38. The van der Waals surface area contributed by atoms with Gasteiger partial charge >= 0.3 is 5.97 Å². The van der Waals surface area contributed by atoms with Crippen LogP contribution in [-0.2, 0) is 17.8 Å². The van der Waals surface area contributed by atoms with E-state index in [9.17, 15) is 9.59 Å². The van der Waals surface area contributed by atoms with Gasteiger partial charge in [-0.15, -0.1) is 5.10 Å². The molecule has 0 saturated heterocycles. The van der Waals surface area contributed by atoms with E-state index in [0.717, 1.165) is 19.3 Å². The molecule has 0 radical (unpaired) electrons. The van der Waals surface area contributed by atoms with Crippen LogP contribution in [0.5, 0.6) is 0 Å². The van der Waals surface area contributed by atoms with Crippen LogP contribution < -0.4 is 5.32 Å². The molecule has 2 rings (SSSR count). The van der Waals surface area contributed by atoms with Gasteiger partial charge in [-0.05, 0) is 25.2 Å². The lowest BCUT2D eigenvalue weighted by Crippen LogP contribution is -2.42. The number of carboxylic acid groups (broad SMARTS) is 1. The molecule has 1 fully saturated rings. The zero-order chi connectivity index (χ0) is 15.4. The van der Waals surface area contributed by atoms with Crippen molar-refractivity contribution in [2.45, 2.75) is 58.5 Å². The lowest BCUT2D eigenvalue weighted by atomic mass is 9.86. The van der Waals surface area contributed by atoms with Gasteiger partial charge in [0.25, 0.3) is 0 Å². The fourth-order valence-electron chi connectivity index (χ4n) is 2.90. The molecule has 1 saturated carbocycles. The molecule has 2 unspecified atom stereocenters. The molecule has 7 nitrogen and oxygen atoms in total. The van der Waals surface area contributed by atoms with Crippen molar-refractivity contribution in [3.8, 4) is 0 Å². The molecule has 2 N–H and O–H groups in total. The molecule has 1 aliphatic rings. The van der Waals surface area contributed by atoms with E-state index < -0.39 is 5.97 Å². The number of carbonyl (C=O) groups is 2. The molecule has 0 spiro atoms. The number of hydrogen-bond donors (Lipinski definition) is 2. The average Bonchev–Trinajstić information content (AvgIpc) is 2.84. The Morgan fingerprint density at radius 3 is 2.71 bits per heavy atom. The predicted octanol–water partition coefficient (Wildman–Crippen LogP) is 1.23. The summed E-state index contributed by atoms with van der Waals surface area (Å²) in [4.78, 5) is 23.1. The smallest absolute Gasteiger partial charge is 0.358 e. The summed E-state index contributed by atoms with van der Waals surface area (Å²) in [5.41, 5.74) is 0.408. The van der Waals surface area contributed by atoms with Crippen molar-refractivity contribution in [3.63, 3.8) is 0 Å². The number of nitrogens with zero attached hydrogens (tertiary/aromatic N) is 3. The molecule has 1 aromatic rings. The second-order valence-corrected chi connectivity index (χ2v) is 5.64. The summed E-state index contributed by atoms with van der Waals surface area (Å²) in [6, 6.07) is 0.207. The Morgan fingerprint density at radius 1 is 1.38 bits per heavy atom. The van der Waals surface area contributed by atoms with Crippen LogP contribution in [0, 0.1) is 5.92 Å². The largest absolute Gasteiger partial charge is 0.476 e. The Balaban J connectivity index is 2.01. The molecule has 0 aliphatic heterocycles. The topological polar surface area (TPSA) is 97.1 Å². The van der Waals surface area contributed by atoms with Crippen molar-refractivity contribution in [3.05, 3.63) is 11.4 Å². The molecule has 0 bridgehead atoms. The SMILES string of the molecule is CCc1c(C(=O)O)nnn1CC(=O)NC1CCCCC1C. The number of carboxylic acids is 1. The van der Waals surface area contributed by atoms with Crippen LogP contribution in [0.25, 0.3) is 0 Å². The third-order valence-electron chi connectivity index (χ3n) is 4.13. The van der Waals surface area contributed by atoms with Crippen molar-refractivity contribution in [1.29, 1.82) is 0 Å². The predicted molar refractivity (Wildman–Crippen MR) is 75.9 cm³/mol. The Hall–Kier alpha value is -1.92. The fourth-order valence-corrected chi connectivity index (χ4v) is 2.90. The second-order valence-electron chi connectivity index (χ2n) is 5.64. The first-order valence-corrected chi connectivity index (χ1v) is 7.48. The van der Waals surface area contributed by atoms with E-state index in [1.807, 2.05) is 6.92 Å². The van der Waals surface area contributed by atoms with Crippen LogP contribution in [0.3, 0.4) is 0 Å². The van der Waals surface area contributed by atoms with E-state index in [2.05, 4.69) is 22.6 Å². The first-order chi connectivity index (χ1) is 10.0. The summed E-state index contributed by atoms with van der Waals surface area (Å²) in [5, 5.41) is 19.5. The van der Waals surface area contributed by atoms with E-state index in [1.165, 1.54) is 11.1 Å². The minimum Gasteiger partial charge on any atom is -0.476 e. The van der Waals surface area contributed by atoms with E-state index >= 15 is 0 Å². The van der Waals surface area contributed by atoms with E-state index in [-0.39, 0.29) is 24.2 Å². The van der Waals surface area contributed by atoms with Crippen molar-refractivity contribution in [1.82, 2.24) is 20.3 Å². The molecule has 7 heteroatoms. The van der Waals surface area contributed by atoms with Gasteiger partial charge in [0.1, 0.15) is 6.54 Å². The fraction of sp³-hybridized carbons (Fsp3) is 0.714. The average molecular weight is 294 g/mol. The van der Waals surface area contributed by atoms with E-state index in [0.29, 0.717) is 18.0 Å². The lowest BCUT2D eigenvalue weighted by molar-refractivity contribution is -0.123. The standard InChI is InChI=1S/C14H22N4O3/c1-3-11-13(14(20)21)16-17-18(11)8-12(19)15-10-7-5-4-6-9(10)2/h9-10H,3-8H2,1-2H3,(H,15,19)(H,20,21). The van der Waals surface area contributed by atoms with Gasteiger partial charge in [0.2, 0.25) is 5.91 Å². The van der Waals surface area contributed by atoms with Crippen molar-refractivity contribution in [2.75, 3.05) is 0 Å². The van der Waals surface area contributed by atoms with Crippen molar-refractivity contribution < 1.29 is 14.7 Å². The van der Waals surface area contributed by atoms with Gasteiger partial charge in [-0.3, -0.25) is 4.79 Å². The Kier molecular flexibility index (Phi) is 4.93. The zero-order valence-electron chi connectivity index (χ0n) is 12.5. The van der Waals surface area contributed by atoms with Crippen LogP contribution in [-0.4, -0.2) is 38.0 Å². The first kappa shape index (κ1) is 15.5. The van der Waals surface area contributed by atoms with E-state index in [4.69, 9.17) is 5.11 Å². The number of amides is 1. The number of aromatic carboxylic acids is 1. The molecule has 1 aliphatic carbocycles. The summed E-state index contributed by atoms with van der Waals surface area (Å²) in [5.74, 6) is -0.761. The van der Waals surface area contributed by atoms with Crippen LogP contribution in [0.1, 0.15) is 55.7 Å². The maximum absolute atomic E-state index is 12.1. The molecule has 1 aromatic heterocycles. The number of carbonyl (C=O) groups excluding carboxylic acids is 1. The normalized spacial score (nSPS) is 22.0. The van der Waals surface area contributed by atoms with Crippen LogP contribution >= 0.6 is 0 Å². The molecule has 21 heavy (non-hydrogen) atoms. The highest BCUT2D eigenvalue weighted by Gasteiger charge is 2.24. The monoisotopic (exact) mass is 294 g/mol. The molecule has 2 atom stereocenters. The number of aromatic nitrogens is 3. The van der Waals surface area contributed by atoms with Gasteiger partial charge < -0.3 is 10.4 Å². The highest BCUT2D eigenvalue weighted by atomic mass is 16.4. The van der Waals surface area contributed by atoms with Gasteiger partial charge in [-0.25, -0.2) is 9.48 Å². The summed E-state index contributed by atoms with van der Waals surface area (Å²) in [7, 11) is 0. The van der Waals surface area contributed by atoms with Crippen molar-refractivity contribution >= 4 is 11.9 Å². The van der Waals surface area contributed by atoms with Gasteiger partial charge in [-0.2, -0.15) is 0 Å². The maximum Gasteiger partial charge on any atom is 0.358 e. The van der Waals surface area contributed by atoms with Crippen LogP contribution in [0.2, 0.25) is 0 Å². The minimum absolute atomic E-state index is 0.0205. The third-order valence-corrected chi connectivity index (χ3v) is 4.13. The number of nitrogens with one attached hydrogen (secondary N) is 1. The van der Waals surface area contributed by atoms with Gasteiger partial charge in [-0.1, -0.05) is 31.9 Å². The van der Waals surface area contributed by atoms with Gasteiger partial charge in [0.15, 0.2) is 5.69 Å². The Labute approximate surface area is 123 Å². The number of rotatable bonds is 5. The van der Waals surface area contributed by atoms with Crippen LogP contribution in [0.4, 0.5) is 0 Å². The highest BCUT2D eigenvalue weighted by Crippen LogP contribution is 2.23. The second kappa shape index (κ2) is 6.69. The van der Waals surface area contributed by atoms with Gasteiger partial charge in [0.05, 0.1) is 5.69 Å². The maximum atomic E-state index is 12.1. The Bertz CT molecular complexity index is 526. The first-order valence-electron chi connectivity index (χ1n) is 7.48. The minimum atomic E-state index is -1.11. The Morgan fingerprint density at radius 2 is 2.10 bits per heavy atom. The summed E-state index contributed by atoms with van der Waals surface area (Å²) in [6.45, 7) is 4.00. The third kappa shape index (κ3) is 3.59. The van der Waals surface area contributed by atoms with Crippen molar-refractivity contribution in [2.24, 2.45) is 5.92 Å². The van der Waals surface area contributed by atoms with E-state index in [1.54, 1.807) is 0 Å². The highest BCUT2D eigenvalue weighted by molar-refractivity contribution is 5.86. The number of hydrogen-bond acceptors (Lipinski definition) is 4. The van der Waals surface area contributed by atoms with Crippen LogP contribution in [0.15, 0.2) is 0 Å². The lowest BCUT2D eigenvalue weighted by Gasteiger charge is -2.29. The summed E-state index contributed by atoms with van der Waals surface area (Å²) in [6.07, 6.45) is 4.98. The summed E-state index contributed by atoms with van der Waals surface area (Å²) >= 11 is 0. The zero-order valence-corrected chi connectivity index (χ0v) is 12.5. The molecule has 1 amide bonds. The van der Waals surface area contributed by atoms with Gasteiger partial charge in [0, 0.05) is 6.04 Å². The molecule has 116 valence electrons. The molecular weight excluding hydrogens is 272 g/mol.